The van der Waals surface area contributed by atoms with Crippen LogP contribution in [0.4, 0.5) is 11.7 Å². The van der Waals surface area contributed by atoms with Crippen LogP contribution in [-0.2, 0) is 4.84 Å². The number of nitrogens with zero attached hydrogens (tertiary/aromatic N) is 2. The molecule has 0 bridgehead atoms. The molecule has 1 fully saturated rings. The quantitative estimate of drug-likeness (QED) is 0.715. The molecule has 5 heteroatoms. The van der Waals surface area contributed by atoms with Crippen LogP contribution in [0.2, 0.25) is 0 Å². The number of rotatable bonds is 1. The van der Waals surface area contributed by atoms with Gasteiger partial charge in [0, 0.05) is 0 Å². The van der Waals surface area contributed by atoms with Crippen molar-refractivity contribution in [2.75, 3.05) is 23.9 Å². The molecule has 0 radical (unpaired) electrons. The summed E-state index contributed by atoms with van der Waals surface area (Å²) in [6, 6.07) is 5.98. The number of fused-ring (bicyclic) bond motifs is 1. The fourth-order valence-corrected chi connectivity index (χ4v) is 1.66. The van der Waals surface area contributed by atoms with Gasteiger partial charge in [-0.25, -0.2) is 5.06 Å². The SMILES string of the molecule is Nc1cccc2oc(N3CCCO3)nc12. The van der Waals surface area contributed by atoms with E-state index in [0.717, 1.165) is 13.0 Å². The zero-order chi connectivity index (χ0) is 10.3. The maximum Gasteiger partial charge on any atom is 0.323 e. The van der Waals surface area contributed by atoms with E-state index in [0.29, 0.717) is 29.4 Å². The molecule has 0 spiro atoms. The predicted molar refractivity (Wildman–Crippen MR) is 56.3 cm³/mol. The summed E-state index contributed by atoms with van der Waals surface area (Å²) in [5.74, 6) is 0. The minimum Gasteiger partial charge on any atom is -0.422 e. The minimum atomic E-state index is 0.486. The molecule has 5 nitrogen and oxygen atoms in total. The lowest BCUT2D eigenvalue weighted by Gasteiger charge is -2.08. The van der Waals surface area contributed by atoms with Gasteiger partial charge in [0.1, 0.15) is 5.52 Å². The summed E-state index contributed by atoms with van der Waals surface area (Å²) in [6.07, 6.45) is 0.994. The Balaban J connectivity index is 2.09. The Morgan fingerprint density at radius 1 is 1.40 bits per heavy atom. The number of nitrogens with two attached hydrogens (primary N) is 1. The fourth-order valence-electron chi connectivity index (χ4n) is 1.66. The van der Waals surface area contributed by atoms with E-state index in [4.69, 9.17) is 15.0 Å². The fraction of sp³-hybridized carbons (Fsp3) is 0.300. The Morgan fingerprint density at radius 2 is 2.33 bits per heavy atom. The second-order valence-corrected chi connectivity index (χ2v) is 3.48. The second kappa shape index (κ2) is 3.13. The number of anilines is 2. The van der Waals surface area contributed by atoms with Gasteiger partial charge in [0.15, 0.2) is 5.58 Å². The monoisotopic (exact) mass is 205 g/mol. The third-order valence-corrected chi connectivity index (χ3v) is 2.40. The summed E-state index contributed by atoms with van der Waals surface area (Å²) < 4.78 is 5.54. The molecule has 0 amide bonds. The number of aromatic nitrogens is 1. The van der Waals surface area contributed by atoms with Crippen molar-refractivity contribution in [3.8, 4) is 0 Å². The Kier molecular flexibility index (Phi) is 1.78. The number of para-hydroxylation sites is 1. The highest BCUT2D eigenvalue weighted by Crippen LogP contribution is 2.27. The van der Waals surface area contributed by atoms with E-state index in [-0.39, 0.29) is 0 Å². The van der Waals surface area contributed by atoms with Gasteiger partial charge in [-0.15, -0.1) is 0 Å². The van der Waals surface area contributed by atoms with Crippen molar-refractivity contribution in [2.45, 2.75) is 6.42 Å². The van der Waals surface area contributed by atoms with Crippen molar-refractivity contribution < 1.29 is 9.25 Å². The van der Waals surface area contributed by atoms with E-state index in [9.17, 15) is 0 Å². The van der Waals surface area contributed by atoms with E-state index in [1.165, 1.54) is 0 Å². The van der Waals surface area contributed by atoms with Crippen LogP contribution in [-0.4, -0.2) is 18.1 Å². The molecule has 0 saturated carbocycles. The Labute approximate surface area is 86.4 Å². The number of hydrogen-bond donors (Lipinski definition) is 1. The highest BCUT2D eigenvalue weighted by atomic mass is 16.7. The molecule has 15 heavy (non-hydrogen) atoms. The molecule has 1 aliphatic heterocycles. The van der Waals surface area contributed by atoms with Crippen LogP contribution in [0.5, 0.6) is 0 Å². The van der Waals surface area contributed by atoms with Gasteiger partial charge < -0.3 is 10.2 Å². The van der Waals surface area contributed by atoms with Crippen LogP contribution < -0.4 is 10.8 Å². The van der Waals surface area contributed by atoms with Gasteiger partial charge in [-0.2, -0.15) is 4.98 Å². The van der Waals surface area contributed by atoms with Crippen molar-refractivity contribution in [3.05, 3.63) is 18.2 Å². The molecular weight excluding hydrogens is 194 g/mol. The first-order valence-corrected chi connectivity index (χ1v) is 4.90. The first-order valence-electron chi connectivity index (χ1n) is 4.90. The molecule has 1 aromatic carbocycles. The lowest BCUT2D eigenvalue weighted by Crippen LogP contribution is -2.16. The molecule has 0 aliphatic carbocycles. The van der Waals surface area contributed by atoms with Gasteiger partial charge in [-0.1, -0.05) is 6.07 Å². The molecular formula is C10H11N3O2. The van der Waals surface area contributed by atoms with Crippen LogP contribution in [0.1, 0.15) is 6.42 Å². The Bertz CT molecular complexity index is 488. The molecule has 1 aliphatic rings. The third kappa shape index (κ3) is 1.32. The summed E-state index contributed by atoms with van der Waals surface area (Å²) in [5.41, 5.74) is 7.81. The molecule has 0 atom stereocenters. The summed E-state index contributed by atoms with van der Waals surface area (Å²) in [7, 11) is 0. The van der Waals surface area contributed by atoms with Gasteiger partial charge >= 0.3 is 6.01 Å². The zero-order valence-corrected chi connectivity index (χ0v) is 8.14. The summed E-state index contributed by atoms with van der Waals surface area (Å²) >= 11 is 0. The van der Waals surface area contributed by atoms with Crippen LogP contribution in [0.25, 0.3) is 11.1 Å². The molecule has 3 rings (SSSR count). The average molecular weight is 205 g/mol. The van der Waals surface area contributed by atoms with Crippen molar-refractivity contribution in [3.63, 3.8) is 0 Å². The first kappa shape index (κ1) is 8.55. The summed E-state index contributed by atoms with van der Waals surface area (Å²) in [6.45, 7) is 1.53. The molecule has 1 saturated heterocycles. The number of benzene rings is 1. The number of nitrogen functional groups attached to an aromatic ring is 1. The van der Waals surface area contributed by atoms with Crippen molar-refractivity contribution in [2.24, 2.45) is 0 Å². The van der Waals surface area contributed by atoms with E-state index in [2.05, 4.69) is 4.98 Å². The highest BCUT2D eigenvalue weighted by molar-refractivity contribution is 5.86. The van der Waals surface area contributed by atoms with Gasteiger partial charge in [-0.3, -0.25) is 4.84 Å². The normalized spacial score (nSPS) is 16.4. The van der Waals surface area contributed by atoms with Crippen LogP contribution in [0, 0.1) is 0 Å². The molecule has 78 valence electrons. The van der Waals surface area contributed by atoms with E-state index in [1.807, 2.05) is 12.1 Å². The average Bonchev–Trinajstić information content (AvgIpc) is 2.86. The predicted octanol–water partition coefficient (Wildman–Crippen LogP) is 1.55. The Morgan fingerprint density at radius 3 is 3.07 bits per heavy atom. The lowest BCUT2D eigenvalue weighted by molar-refractivity contribution is 0.155. The molecule has 1 aromatic heterocycles. The van der Waals surface area contributed by atoms with E-state index < -0.39 is 0 Å². The zero-order valence-electron chi connectivity index (χ0n) is 8.14. The van der Waals surface area contributed by atoms with Crippen LogP contribution in [0.15, 0.2) is 22.6 Å². The van der Waals surface area contributed by atoms with Gasteiger partial charge in [0.05, 0.1) is 18.8 Å². The molecule has 0 unspecified atom stereocenters. The number of hydroxylamine groups is 1. The van der Waals surface area contributed by atoms with E-state index in [1.54, 1.807) is 11.1 Å². The smallest absolute Gasteiger partial charge is 0.323 e. The van der Waals surface area contributed by atoms with Gasteiger partial charge in [0.2, 0.25) is 0 Å². The second-order valence-electron chi connectivity index (χ2n) is 3.48. The van der Waals surface area contributed by atoms with Crippen molar-refractivity contribution in [1.82, 2.24) is 4.98 Å². The van der Waals surface area contributed by atoms with E-state index >= 15 is 0 Å². The highest BCUT2D eigenvalue weighted by Gasteiger charge is 2.19. The minimum absolute atomic E-state index is 0.486. The maximum absolute atomic E-state index is 5.79. The molecule has 2 N–H and O–H groups in total. The van der Waals surface area contributed by atoms with Gasteiger partial charge in [0.25, 0.3) is 0 Å². The summed E-state index contributed by atoms with van der Waals surface area (Å²) in [4.78, 5) is 9.65. The van der Waals surface area contributed by atoms with Crippen LogP contribution in [0.3, 0.4) is 0 Å². The topological polar surface area (TPSA) is 64.5 Å². The first-order chi connectivity index (χ1) is 7.34. The standard InChI is InChI=1S/C10H11N3O2/c11-7-3-1-4-8-9(7)12-10(15-8)13-5-2-6-14-13/h1,3-4H,2,5-6,11H2. The lowest BCUT2D eigenvalue weighted by atomic mass is 10.3. The summed E-state index contributed by atoms with van der Waals surface area (Å²) in [5, 5.41) is 1.67. The molecule has 2 heterocycles. The van der Waals surface area contributed by atoms with Crippen molar-refractivity contribution in [1.29, 1.82) is 0 Å². The molecule has 2 aromatic rings. The third-order valence-electron chi connectivity index (χ3n) is 2.40. The maximum atomic E-state index is 5.79. The van der Waals surface area contributed by atoms with Crippen LogP contribution >= 0.6 is 0 Å². The number of oxazole rings is 1. The number of hydrogen-bond acceptors (Lipinski definition) is 5. The van der Waals surface area contributed by atoms with Crippen molar-refractivity contribution >= 4 is 22.8 Å². The van der Waals surface area contributed by atoms with Gasteiger partial charge in [-0.05, 0) is 18.6 Å². The Hall–Kier alpha value is -1.75. The largest absolute Gasteiger partial charge is 0.422 e.